The standard InChI is InChI=1S/C18H26FNO4S/c1-18(2,10-4-3-5-11-21)20-25(22,23)15-8-9-16(19)17(12-15)24-13-14-6-7-14/h8-9,11-12,14,20H,3-7,10,13H2,1-2H3. The van der Waals surface area contributed by atoms with Gasteiger partial charge in [0.15, 0.2) is 11.6 Å². The highest BCUT2D eigenvalue weighted by molar-refractivity contribution is 7.89. The first-order valence-corrected chi connectivity index (χ1v) is 10.1. The summed E-state index contributed by atoms with van der Waals surface area (Å²) in [5, 5.41) is 0. The van der Waals surface area contributed by atoms with Gasteiger partial charge in [0.05, 0.1) is 11.5 Å². The summed E-state index contributed by atoms with van der Waals surface area (Å²) >= 11 is 0. The van der Waals surface area contributed by atoms with E-state index in [2.05, 4.69) is 4.72 Å². The number of hydrogen-bond donors (Lipinski definition) is 1. The van der Waals surface area contributed by atoms with Crippen LogP contribution in [-0.2, 0) is 14.8 Å². The number of sulfonamides is 1. The molecule has 25 heavy (non-hydrogen) atoms. The zero-order valence-electron chi connectivity index (χ0n) is 14.8. The third-order valence-electron chi connectivity index (χ3n) is 4.17. The second-order valence-corrected chi connectivity index (χ2v) is 8.93. The van der Waals surface area contributed by atoms with Gasteiger partial charge in [-0.1, -0.05) is 6.42 Å². The highest BCUT2D eigenvalue weighted by Crippen LogP contribution is 2.31. The van der Waals surface area contributed by atoms with E-state index in [1.54, 1.807) is 13.8 Å². The van der Waals surface area contributed by atoms with Gasteiger partial charge < -0.3 is 9.53 Å². The average molecular weight is 371 g/mol. The Kier molecular flexibility index (Phi) is 6.57. The summed E-state index contributed by atoms with van der Waals surface area (Å²) in [6.07, 6.45) is 5.55. The first-order chi connectivity index (χ1) is 11.7. The molecule has 0 amide bonds. The fraction of sp³-hybridized carbons (Fsp3) is 0.611. The summed E-state index contributed by atoms with van der Waals surface area (Å²) in [6.45, 7) is 4.00. The first kappa shape index (κ1) is 19.8. The van der Waals surface area contributed by atoms with Crippen LogP contribution in [-0.4, -0.2) is 26.8 Å². The van der Waals surface area contributed by atoms with E-state index in [0.29, 0.717) is 25.4 Å². The number of ether oxygens (including phenoxy) is 1. The van der Waals surface area contributed by atoms with Crippen molar-refractivity contribution in [2.24, 2.45) is 5.92 Å². The van der Waals surface area contributed by atoms with E-state index in [1.807, 2.05) is 0 Å². The number of nitrogens with one attached hydrogen (secondary N) is 1. The minimum atomic E-state index is -3.79. The van der Waals surface area contributed by atoms with E-state index in [9.17, 15) is 17.6 Å². The zero-order valence-corrected chi connectivity index (χ0v) is 15.6. The number of unbranched alkanes of at least 4 members (excludes halogenated alkanes) is 2. The van der Waals surface area contributed by atoms with Crippen LogP contribution in [0.5, 0.6) is 5.75 Å². The smallest absolute Gasteiger partial charge is 0.241 e. The summed E-state index contributed by atoms with van der Waals surface area (Å²) in [5.74, 6) is -0.144. The van der Waals surface area contributed by atoms with Crippen LogP contribution in [0.4, 0.5) is 4.39 Å². The van der Waals surface area contributed by atoms with Crippen LogP contribution in [0.1, 0.15) is 52.4 Å². The molecule has 0 saturated heterocycles. The Morgan fingerprint density at radius 3 is 2.68 bits per heavy atom. The zero-order chi connectivity index (χ0) is 18.5. The lowest BCUT2D eigenvalue weighted by Crippen LogP contribution is -2.43. The molecule has 0 atom stereocenters. The van der Waals surface area contributed by atoms with Gasteiger partial charge in [0.1, 0.15) is 6.29 Å². The molecule has 1 saturated carbocycles. The van der Waals surface area contributed by atoms with Gasteiger partial charge >= 0.3 is 0 Å². The highest BCUT2D eigenvalue weighted by atomic mass is 32.2. The molecule has 1 aromatic carbocycles. The van der Waals surface area contributed by atoms with Gasteiger partial charge in [-0.3, -0.25) is 0 Å². The number of hydrogen-bond acceptors (Lipinski definition) is 4. The molecule has 1 fully saturated rings. The molecule has 0 bridgehead atoms. The first-order valence-electron chi connectivity index (χ1n) is 8.63. The van der Waals surface area contributed by atoms with Crippen molar-refractivity contribution in [1.82, 2.24) is 4.72 Å². The highest BCUT2D eigenvalue weighted by Gasteiger charge is 2.27. The lowest BCUT2D eigenvalue weighted by atomic mass is 9.98. The number of aldehydes is 1. The van der Waals surface area contributed by atoms with Crippen molar-refractivity contribution in [1.29, 1.82) is 0 Å². The number of halogens is 1. The van der Waals surface area contributed by atoms with Crippen molar-refractivity contribution >= 4 is 16.3 Å². The maximum absolute atomic E-state index is 13.8. The molecule has 0 spiro atoms. The molecule has 7 heteroatoms. The van der Waals surface area contributed by atoms with Crippen molar-refractivity contribution < 1.29 is 22.3 Å². The van der Waals surface area contributed by atoms with Crippen LogP contribution < -0.4 is 9.46 Å². The molecule has 0 radical (unpaired) electrons. The molecule has 2 rings (SSSR count). The Hall–Kier alpha value is -1.47. The Morgan fingerprint density at radius 1 is 1.32 bits per heavy atom. The summed E-state index contributed by atoms with van der Waals surface area (Å²) in [4.78, 5) is 10.3. The van der Waals surface area contributed by atoms with E-state index >= 15 is 0 Å². The maximum atomic E-state index is 13.8. The molecule has 1 N–H and O–H groups in total. The molecular formula is C18H26FNO4S. The van der Waals surface area contributed by atoms with Crippen molar-refractivity contribution in [2.45, 2.75) is 62.8 Å². The average Bonchev–Trinajstić information content (AvgIpc) is 3.34. The van der Waals surface area contributed by atoms with Crippen molar-refractivity contribution in [3.63, 3.8) is 0 Å². The molecular weight excluding hydrogens is 345 g/mol. The van der Waals surface area contributed by atoms with Crippen molar-refractivity contribution in [3.8, 4) is 5.75 Å². The van der Waals surface area contributed by atoms with Crippen LogP contribution in [0.25, 0.3) is 0 Å². The van der Waals surface area contributed by atoms with E-state index in [0.717, 1.165) is 38.0 Å². The molecule has 0 aliphatic heterocycles. The fourth-order valence-electron chi connectivity index (χ4n) is 2.52. The molecule has 1 aliphatic carbocycles. The summed E-state index contributed by atoms with van der Waals surface area (Å²) in [7, 11) is -3.79. The second kappa shape index (κ2) is 8.27. The molecule has 1 aromatic rings. The van der Waals surface area contributed by atoms with Gasteiger partial charge in [-0.05, 0) is 57.6 Å². The molecule has 0 unspecified atom stereocenters. The lowest BCUT2D eigenvalue weighted by Gasteiger charge is -2.26. The molecule has 0 aromatic heterocycles. The quantitative estimate of drug-likeness (QED) is 0.478. The number of benzene rings is 1. The fourth-order valence-corrected chi connectivity index (χ4v) is 3.98. The Labute approximate surface area is 149 Å². The third-order valence-corrected chi connectivity index (χ3v) is 5.86. The summed E-state index contributed by atoms with van der Waals surface area (Å²) in [5.41, 5.74) is -0.662. The van der Waals surface area contributed by atoms with Gasteiger partial charge in [0, 0.05) is 18.0 Å². The van der Waals surface area contributed by atoms with E-state index in [4.69, 9.17) is 4.74 Å². The van der Waals surface area contributed by atoms with Crippen molar-refractivity contribution in [2.75, 3.05) is 6.61 Å². The van der Waals surface area contributed by atoms with Gasteiger partial charge in [-0.15, -0.1) is 0 Å². The van der Waals surface area contributed by atoms with Gasteiger partial charge in [0.2, 0.25) is 10.0 Å². The van der Waals surface area contributed by atoms with Crippen molar-refractivity contribution in [3.05, 3.63) is 24.0 Å². The topological polar surface area (TPSA) is 72.5 Å². The minimum Gasteiger partial charge on any atom is -0.490 e. The number of carbonyl (C=O) groups excluding carboxylic acids is 1. The SMILES string of the molecule is CC(C)(CCCCC=O)NS(=O)(=O)c1ccc(F)c(OCC2CC2)c1. The molecule has 0 heterocycles. The monoisotopic (exact) mass is 371 g/mol. The largest absolute Gasteiger partial charge is 0.490 e. The predicted molar refractivity (Wildman–Crippen MR) is 93.6 cm³/mol. The van der Waals surface area contributed by atoms with Crippen LogP contribution in [0.3, 0.4) is 0 Å². The van der Waals surface area contributed by atoms with Crippen LogP contribution in [0.15, 0.2) is 23.1 Å². The number of carbonyl (C=O) groups is 1. The van der Waals surface area contributed by atoms with E-state index in [-0.39, 0.29) is 10.6 Å². The Morgan fingerprint density at radius 2 is 2.04 bits per heavy atom. The molecule has 1 aliphatic rings. The third kappa shape index (κ3) is 6.40. The minimum absolute atomic E-state index is 0.0133. The summed E-state index contributed by atoms with van der Waals surface area (Å²) in [6, 6.07) is 3.60. The second-order valence-electron chi connectivity index (χ2n) is 7.25. The van der Waals surface area contributed by atoms with Crippen LogP contribution >= 0.6 is 0 Å². The van der Waals surface area contributed by atoms with Gasteiger partial charge in [0.25, 0.3) is 0 Å². The number of rotatable bonds is 11. The molecule has 5 nitrogen and oxygen atoms in total. The van der Waals surface area contributed by atoms with Crippen LogP contribution in [0.2, 0.25) is 0 Å². The Bertz CT molecular complexity index is 699. The Balaban J connectivity index is 2.04. The van der Waals surface area contributed by atoms with Crippen LogP contribution in [0, 0.1) is 11.7 Å². The predicted octanol–water partition coefficient (Wildman–Crippen LogP) is 3.43. The lowest BCUT2D eigenvalue weighted by molar-refractivity contribution is -0.107. The van der Waals surface area contributed by atoms with Gasteiger partial charge in [-0.2, -0.15) is 0 Å². The summed E-state index contributed by atoms with van der Waals surface area (Å²) < 4.78 is 47.1. The van der Waals surface area contributed by atoms with E-state index < -0.39 is 21.4 Å². The van der Waals surface area contributed by atoms with E-state index in [1.165, 1.54) is 12.1 Å². The molecule has 140 valence electrons. The van der Waals surface area contributed by atoms with Gasteiger partial charge in [-0.25, -0.2) is 17.5 Å². The normalized spacial score (nSPS) is 15.2. The maximum Gasteiger partial charge on any atom is 0.241 e.